The molecule has 0 bridgehead atoms. The topological polar surface area (TPSA) is 58.2 Å². The minimum atomic E-state index is -3.18. The Kier molecular flexibility index (Phi) is 6.08. The Morgan fingerprint density at radius 1 is 1.22 bits per heavy atom. The van der Waals surface area contributed by atoms with Gasteiger partial charge < -0.3 is 5.32 Å². The molecule has 108 valence electrons. The maximum Gasteiger partial charge on any atom is 0.215 e. The van der Waals surface area contributed by atoms with Crippen LogP contribution in [0.2, 0.25) is 0 Å². The lowest BCUT2D eigenvalue weighted by Gasteiger charge is -2.34. The summed E-state index contributed by atoms with van der Waals surface area (Å²) in [4.78, 5) is 0. The summed E-state index contributed by atoms with van der Waals surface area (Å²) in [5, 5.41) is 2.71. The molecular weight excluding hydrogens is 248 g/mol. The minimum absolute atomic E-state index is 0.156. The van der Waals surface area contributed by atoms with Gasteiger partial charge in [0.2, 0.25) is 10.0 Å². The van der Waals surface area contributed by atoms with Crippen LogP contribution in [0.1, 0.15) is 52.9 Å². The van der Waals surface area contributed by atoms with Crippen LogP contribution in [0, 0.1) is 5.41 Å². The van der Waals surface area contributed by atoms with Crippen molar-refractivity contribution < 1.29 is 8.42 Å². The molecule has 0 amide bonds. The maximum atomic E-state index is 12.1. The highest BCUT2D eigenvalue weighted by atomic mass is 32.2. The molecule has 1 atom stereocenters. The molecule has 1 saturated carbocycles. The van der Waals surface area contributed by atoms with Gasteiger partial charge in [-0.1, -0.05) is 33.1 Å². The van der Waals surface area contributed by atoms with Gasteiger partial charge in [0.25, 0.3) is 0 Å². The van der Waals surface area contributed by atoms with E-state index in [1.165, 1.54) is 19.3 Å². The Bertz CT molecular complexity index is 335. The minimum Gasteiger partial charge on any atom is -0.316 e. The van der Waals surface area contributed by atoms with E-state index in [1.54, 1.807) is 6.92 Å². The lowest BCUT2D eigenvalue weighted by Crippen LogP contribution is -2.43. The third kappa shape index (κ3) is 4.86. The van der Waals surface area contributed by atoms with Crippen molar-refractivity contribution in [1.29, 1.82) is 0 Å². The highest BCUT2D eigenvalue weighted by molar-refractivity contribution is 7.90. The second-order valence-corrected chi connectivity index (χ2v) is 8.04. The zero-order valence-corrected chi connectivity index (χ0v) is 12.8. The van der Waals surface area contributed by atoms with E-state index in [9.17, 15) is 8.42 Å². The number of sulfonamides is 1. The summed E-state index contributed by atoms with van der Waals surface area (Å²) in [6.45, 7) is 7.85. The van der Waals surface area contributed by atoms with Crippen LogP contribution < -0.4 is 10.0 Å². The Morgan fingerprint density at radius 2 is 1.83 bits per heavy atom. The van der Waals surface area contributed by atoms with Gasteiger partial charge in [-0.05, 0) is 31.7 Å². The van der Waals surface area contributed by atoms with Crippen molar-refractivity contribution in [2.45, 2.75) is 58.1 Å². The number of rotatable bonds is 7. The molecule has 0 spiro atoms. The van der Waals surface area contributed by atoms with Gasteiger partial charge in [0.15, 0.2) is 0 Å². The molecule has 0 heterocycles. The first-order chi connectivity index (χ1) is 8.40. The first-order valence-electron chi connectivity index (χ1n) is 7.09. The molecule has 2 N–H and O–H groups in total. The number of hydrogen-bond donors (Lipinski definition) is 2. The zero-order chi connectivity index (χ0) is 13.6. The fourth-order valence-electron chi connectivity index (χ4n) is 2.46. The lowest BCUT2D eigenvalue weighted by atomic mass is 9.76. The van der Waals surface area contributed by atoms with Crippen LogP contribution in [-0.4, -0.2) is 33.3 Å². The quantitative estimate of drug-likeness (QED) is 0.746. The van der Waals surface area contributed by atoms with Gasteiger partial charge in [-0.3, -0.25) is 0 Å². The summed E-state index contributed by atoms with van der Waals surface area (Å²) in [5.41, 5.74) is 0.156. The Morgan fingerprint density at radius 3 is 2.39 bits per heavy atom. The third-order valence-electron chi connectivity index (χ3n) is 3.97. The molecule has 18 heavy (non-hydrogen) atoms. The van der Waals surface area contributed by atoms with E-state index < -0.39 is 10.0 Å². The molecule has 5 heteroatoms. The van der Waals surface area contributed by atoms with Crippen molar-refractivity contribution in [2.75, 3.05) is 19.6 Å². The van der Waals surface area contributed by atoms with Crippen molar-refractivity contribution in [2.24, 2.45) is 5.41 Å². The van der Waals surface area contributed by atoms with Crippen LogP contribution in [-0.2, 0) is 10.0 Å². The van der Waals surface area contributed by atoms with Crippen molar-refractivity contribution in [3.05, 3.63) is 0 Å². The van der Waals surface area contributed by atoms with Gasteiger partial charge in [-0.25, -0.2) is 13.1 Å². The first-order valence-corrected chi connectivity index (χ1v) is 8.63. The molecule has 1 unspecified atom stereocenters. The van der Waals surface area contributed by atoms with E-state index in [0.29, 0.717) is 13.1 Å². The molecular formula is C13H28N2O2S. The van der Waals surface area contributed by atoms with Crippen LogP contribution in [0.25, 0.3) is 0 Å². The Hall–Kier alpha value is -0.130. The van der Waals surface area contributed by atoms with Gasteiger partial charge >= 0.3 is 0 Å². The smallest absolute Gasteiger partial charge is 0.215 e. The van der Waals surface area contributed by atoms with E-state index in [0.717, 1.165) is 19.4 Å². The summed E-state index contributed by atoms with van der Waals surface area (Å²) in [5.74, 6) is 0. The predicted molar refractivity (Wildman–Crippen MR) is 76.1 cm³/mol. The second-order valence-electron chi connectivity index (χ2n) is 5.86. The van der Waals surface area contributed by atoms with Crippen molar-refractivity contribution in [3.8, 4) is 0 Å². The summed E-state index contributed by atoms with van der Waals surface area (Å²) in [7, 11) is -3.18. The van der Waals surface area contributed by atoms with E-state index in [4.69, 9.17) is 0 Å². The maximum absolute atomic E-state index is 12.1. The molecule has 1 aliphatic rings. The normalized spacial score (nSPS) is 21.7. The van der Waals surface area contributed by atoms with Crippen molar-refractivity contribution in [3.63, 3.8) is 0 Å². The Labute approximate surface area is 112 Å². The predicted octanol–water partition coefficient (Wildman–Crippen LogP) is 1.87. The summed E-state index contributed by atoms with van der Waals surface area (Å²) >= 11 is 0. The summed E-state index contributed by atoms with van der Waals surface area (Å²) in [6, 6.07) is 0. The SMILES string of the molecule is CCNCC(C)S(=O)(=O)NCC1(C)CCCCC1. The number of hydrogen-bond acceptors (Lipinski definition) is 3. The molecule has 0 aliphatic heterocycles. The van der Waals surface area contributed by atoms with Gasteiger partial charge in [0, 0.05) is 13.1 Å². The summed E-state index contributed by atoms with van der Waals surface area (Å²) in [6.07, 6.45) is 6.02. The fraction of sp³-hybridized carbons (Fsp3) is 1.00. The first kappa shape index (κ1) is 15.9. The highest BCUT2D eigenvalue weighted by Crippen LogP contribution is 2.35. The average molecular weight is 276 g/mol. The van der Waals surface area contributed by atoms with Crippen molar-refractivity contribution >= 4 is 10.0 Å². The molecule has 0 aromatic heterocycles. The molecule has 4 nitrogen and oxygen atoms in total. The van der Waals surface area contributed by atoms with E-state index in [1.807, 2.05) is 6.92 Å². The van der Waals surface area contributed by atoms with E-state index >= 15 is 0 Å². The van der Waals surface area contributed by atoms with Gasteiger partial charge in [0.1, 0.15) is 0 Å². The molecule has 0 radical (unpaired) electrons. The third-order valence-corrected chi connectivity index (χ3v) is 5.75. The Balaban J connectivity index is 2.45. The fourth-order valence-corrected chi connectivity index (χ4v) is 3.63. The molecule has 1 rings (SSSR count). The largest absolute Gasteiger partial charge is 0.316 e. The zero-order valence-electron chi connectivity index (χ0n) is 12.0. The van der Waals surface area contributed by atoms with Crippen molar-refractivity contribution in [1.82, 2.24) is 10.0 Å². The molecule has 1 fully saturated rings. The average Bonchev–Trinajstić information content (AvgIpc) is 2.35. The molecule has 1 aliphatic carbocycles. The number of nitrogens with one attached hydrogen (secondary N) is 2. The van der Waals surface area contributed by atoms with Crippen LogP contribution in [0.4, 0.5) is 0 Å². The standard InChI is InChI=1S/C13H28N2O2S/c1-4-14-10-12(2)18(16,17)15-11-13(3)8-6-5-7-9-13/h12,14-15H,4-11H2,1-3H3. The van der Waals surface area contributed by atoms with Gasteiger partial charge in [0.05, 0.1) is 5.25 Å². The monoisotopic (exact) mass is 276 g/mol. The summed E-state index contributed by atoms with van der Waals surface area (Å²) < 4.78 is 27.0. The molecule has 0 aromatic rings. The van der Waals surface area contributed by atoms with Crippen LogP contribution in [0.5, 0.6) is 0 Å². The van der Waals surface area contributed by atoms with E-state index in [-0.39, 0.29) is 10.7 Å². The van der Waals surface area contributed by atoms with Crippen LogP contribution >= 0.6 is 0 Å². The van der Waals surface area contributed by atoms with Crippen LogP contribution in [0.15, 0.2) is 0 Å². The molecule has 0 saturated heterocycles. The van der Waals surface area contributed by atoms with Gasteiger partial charge in [-0.15, -0.1) is 0 Å². The van der Waals surface area contributed by atoms with E-state index in [2.05, 4.69) is 17.0 Å². The second kappa shape index (κ2) is 6.87. The molecule has 0 aromatic carbocycles. The lowest BCUT2D eigenvalue weighted by molar-refractivity contribution is 0.219. The van der Waals surface area contributed by atoms with Crippen LogP contribution in [0.3, 0.4) is 0 Å². The van der Waals surface area contributed by atoms with Gasteiger partial charge in [-0.2, -0.15) is 0 Å². The highest BCUT2D eigenvalue weighted by Gasteiger charge is 2.29.